The maximum atomic E-state index is 13.2. The number of fused-ring (bicyclic) bond motifs is 1. The molecule has 1 aliphatic heterocycles. The van der Waals surface area contributed by atoms with Gasteiger partial charge in [0.1, 0.15) is 6.61 Å². The molecule has 0 saturated heterocycles. The fraction of sp³-hybridized carbons (Fsp3) is 0.400. The van der Waals surface area contributed by atoms with Gasteiger partial charge in [0.05, 0.1) is 0 Å². The molecule has 0 fully saturated rings. The fourth-order valence-corrected chi connectivity index (χ4v) is 1.37. The molecule has 2 atom stereocenters. The lowest BCUT2D eigenvalue weighted by Gasteiger charge is -2.27. The molecule has 2 N–H and O–H groups in total. The summed E-state index contributed by atoms with van der Waals surface area (Å²) in [7, 11) is 0. The summed E-state index contributed by atoms with van der Waals surface area (Å²) < 4.78 is 23.9. The molecule has 14 heavy (non-hydrogen) atoms. The van der Waals surface area contributed by atoms with Crippen LogP contribution in [0, 0.1) is 0 Å². The Hall–Kier alpha value is -1.29. The number of hydrogen-bond acceptors (Lipinski definition) is 3. The number of hydrogen-bond donors (Lipinski definition) is 1. The van der Waals surface area contributed by atoms with E-state index in [2.05, 4.69) is 0 Å². The van der Waals surface area contributed by atoms with E-state index >= 15 is 0 Å². The second-order valence-corrected chi connectivity index (χ2v) is 3.17. The Morgan fingerprint density at radius 2 is 2.14 bits per heavy atom. The molecular weight excluding hydrogens is 185 g/mol. The van der Waals surface area contributed by atoms with Crippen LogP contribution in [0.25, 0.3) is 0 Å². The highest BCUT2D eigenvalue weighted by molar-refractivity contribution is 5.40. The van der Waals surface area contributed by atoms with Gasteiger partial charge in [-0.2, -0.15) is 0 Å². The molecule has 0 aliphatic carbocycles. The molecule has 3 nitrogen and oxygen atoms in total. The Kier molecular flexibility index (Phi) is 2.54. The molecule has 76 valence electrons. The summed E-state index contributed by atoms with van der Waals surface area (Å²) >= 11 is 0. The number of para-hydroxylation sites is 2. The summed E-state index contributed by atoms with van der Waals surface area (Å²) in [5.41, 5.74) is 5.21. The van der Waals surface area contributed by atoms with Gasteiger partial charge in [-0.25, -0.2) is 4.39 Å². The van der Waals surface area contributed by atoms with Crippen molar-refractivity contribution in [1.82, 2.24) is 0 Å². The molecule has 0 radical (unpaired) electrons. The third kappa shape index (κ3) is 1.65. The highest BCUT2D eigenvalue weighted by Crippen LogP contribution is 2.31. The zero-order valence-electron chi connectivity index (χ0n) is 7.65. The molecule has 0 spiro atoms. The van der Waals surface area contributed by atoms with Crippen molar-refractivity contribution in [3.8, 4) is 11.5 Å². The van der Waals surface area contributed by atoms with E-state index in [-0.39, 0.29) is 13.2 Å². The summed E-state index contributed by atoms with van der Waals surface area (Å²) in [4.78, 5) is 0. The van der Waals surface area contributed by atoms with Crippen molar-refractivity contribution in [1.29, 1.82) is 0 Å². The number of benzene rings is 1. The number of rotatable bonds is 2. The Bertz CT molecular complexity index is 319. The standard InChI is InChI=1S/C10H12FNO2/c11-7(5-12)10-6-13-8-3-1-2-4-9(8)14-10/h1-4,7,10H,5-6,12H2. The van der Waals surface area contributed by atoms with Gasteiger partial charge in [0, 0.05) is 6.54 Å². The number of ether oxygens (including phenoxy) is 2. The molecule has 0 bridgehead atoms. The van der Waals surface area contributed by atoms with Gasteiger partial charge in [-0.05, 0) is 12.1 Å². The second-order valence-electron chi connectivity index (χ2n) is 3.17. The summed E-state index contributed by atoms with van der Waals surface area (Å²) in [6.45, 7) is 0.172. The van der Waals surface area contributed by atoms with Crippen molar-refractivity contribution in [2.75, 3.05) is 13.2 Å². The van der Waals surface area contributed by atoms with E-state index in [1.165, 1.54) is 0 Å². The Morgan fingerprint density at radius 1 is 1.43 bits per heavy atom. The molecule has 0 aromatic heterocycles. The molecule has 2 rings (SSSR count). The van der Waals surface area contributed by atoms with Gasteiger partial charge in [0.15, 0.2) is 23.8 Å². The topological polar surface area (TPSA) is 44.5 Å². The van der Waals surface area contributed by atoms with Crippen molar-refractivity contribution in [2.45, 2.75) is 12.3 Å². The quantitative estimate of drug-likeness (QED) is 0.772. The van der Waals surface area contributed by atoms with Crippen LogP contribution in [-0.2, 0) is 0 Å². The minimum Gasteiger partial charge on any atom is -0.486 e. The van der Waals surface area contributed by atoms with E-state index in [9.17, 15) is 4.39 Å². The van der Waals surface area contributed by atoms with Gasteiger partial charge in [0.25, 0.3) is 0 Å². The molecule has 0 saturated carbocycles. The van der Waals surface area contributed by atoms with Crippen molar-refractivity contribution in [3.05, 3.63) is 24.3 Å². The van der Waals surface area contributed by atoms with Gasteiger partial charge in [-0.1, -0.05) is 12.1 Å². The maximum Gasteiger partial charge on any atom is 0.165 e. The van der Waals surface area contributed by atoms with Crippen LogP contribution in [0.5, 0.6) is 11.5 Å². The van der Waals surface area contributed by atoms with Gasteiger partial charge >= 0.3 is 0 Å². The predicted octanol–water partition coefficient (Wildman–Crippen LogP) is 1.12. The molecule has 0 amide bonds. The smallest absolute Gasteiger partial charge is 0.165 e. The van der Waals surface area contributed by atoms with Crippen molar-refractivity contribution in [2.24, 2.45) is 5.73 Å². The summed E-state index contributed by atoms with van der Waals surface area (Å²) in [6, 6.07) is 7.21. The Morgan fingerprint density at radius 3 is 2.86 bits per heavy atom. The van der Waals surface area contributed by atoms with Gasteiger partial charge in [-0.15, -0.1) is 0 Å². The molecule has 4 heteroatoms. The Balaban J connectivity index is 2.13. The van der Waals surface area contributed by atoms with Crippen LogP contribution in [0.2, 0.25) is 0 Å². The Labute approximate surface area is 81.6 Å². The first-order valence-corrected chi connectivity index (χ1v) is 4.54. The van der Waals surface area contributed by atoms with Gasteiger partial charge in [-0.3, -0.25) is 0 Å². The first kappa shape index (κ1) is 9.27. The van der Waals surface area contributed by atoms with Crippen molar-refractivity contribution >= 4 is 0 Å². The number of alkyl halides is 1. The zero-order valence-corrected chi connectivity index (χ0v) is 7.65. The van der Waals surface area contributed by atoms with E-state index in [1.807, 2.05) is 12.1 Å². The first-order chi connectivity index (χ1) is 6.81. The van der Waals surface area contributed by atoms with Crippen LogP contribution in [0.4, 0.5) is 4.39 Å². The second kappa shape index (κ2) is 3.84. The molecule has 1 aromatic carbocycles. The molecule has 2 unspecified atom stereocenters. The highest BCUT2D eigenvalue weighted by atomic mass is 19.1. The normalized spacial score (nSPS) is 21.7. The predicted molar refractivity (Wildman–Crippen MR) is 50.3 cm³/mol. The SMILES string of the molecule is NCC(F)C1COc2ccccc2O1. The van der Waals surface area contributed by atoms with Crippen LogP contribution in [-0.4, -0.2) is 25.4 Å². The van der Waals surface area contributed by atoms with Crippen LogP contribution < -0.4 is 15.2 Å². The first-order valence-electron chi connectivity index (χ1n) is 4.54. The number of halogens is 1. The van der Waals surface area contributed by atoms with Crippen molar-refractivity contribution < 1.29 is 13.9 Å². The van der Waals surface area contributed by atoms with Crippen LogP contribution in [0.3, 0.4) is 0 Å². The van der Waals surface area contributed by atoms with E-state index in [4.69, 9.17) is 15.2 Å². The molecule has 1 heterocycles. The van der Waals surface area contributed by atoms with E-state index in [1.54, 1.807) is 12.1 Å². The lowest BCUT2D eigenvalue weighted by molar-refractivity contribution is 0.0338. The van der Waals surface area contributed by atoms with E-state index in [0.29, 0.717) is 11.5 Å². The van der Waals surface area contributed by atoms with E-state index in [0.717, 1.165) is 0 Å². The van der Waals surface area contributed by atoms with Crippen molar-refractivity contribution in [3.63, 3.8) is 0 Å². The van der Waals surface area contributed by atoms with Crippen LogP contribution >= 0.6 is 0 Å². The maximum absolute atomic E-state index is 13.2. The van der Waals surface area contributed by atoms with E-state index < -0.39 is 12.3 Å². The van der Waals surface area contributed by atoms with Crippen LogP contribution in [0.1, 0.15) is 0 Å². The minimum atomic E-state index is -1.18. The average molecular weight is 197 g/mol. The zero-order chi connectivity index (χ0) is 9.97. The minimum absolute atomic E-state index is 0.0454. The summed E-state index contributed by atoms with van der Waals surface area (Å²) in [6.07, 6.45) is -1.77. The van der Waals surface area contributed by atoms with Gasteiger partial charge < -0.3 is 15.2 Å². The molecule has 1 aromatic rings. The summed E-state index contributed by atoms with van der Waals surface area (Å²) in [5, 5.41) is 0. The largest absolute Gasteiger partial charge is 0.486 e. The van der Waals surface area contributed by atoms with Gasteiger partial charge in [0.2, 0.25) is 0 Å². The molecular formula is C10H12FNO2. The summed E-state index contributed by atoms with van der Waals surface area (Å²) in [5.74, 6) is 1.24. The van der Waals surface area contributed by atoms with Crippen LogP contribution in [0.15, 0.2) is 24.3 Å². The average Bonchev–Trinajstić information content (AvgIpc) is 2.27. The monoisotopic (exact) mass is 197 g/mol. The lowest BCUT2D eigenvalue weighted by atomic mass is 10.2. The lowest BCUT2D eigenvalue weighted by Crippen LogP contribution is -2.41. The molecule has 1 aliphatic rings. The third-order valence-corrected chi connectivity index (χ3v) is 2.16. The highest BCUT2D eigenvalue weighted by Gasteiger charge is 2.27. The number of nitrogens with two attached hydrogens (primary N) is 1. The third-order valence-electron chi connectivity index (χ3n) is 2.16. The fourth-order valence-electron chi connectivity index (χ4n) is 1.37.